The number of carbonyl (C=O) groups excluding carboxylic acids is 2. The van der Waals surface area contributed by atoms with Crippen molar-refractivity contribution in [2.75, 3.05) is 0 Å². The second-order valence-electron chi connectivity index (χ2n) is 10.1. The molecule has 1 amide bonds. The van der Waals surface area contributed by atoms with Gasteiger partial charge in [0.05, 0.1) is 17.9 Å². The lowest BCUT2D eigenvalue weighted by molar-refractivity contribution is -0.175. The van der Waals surface area contributed by atoms with E-state index >= 15 is 0 Å². The first-order valence-corrected chi connectivity index (χ1v) is 12.0. The predicted octanol–water partition coefficient (Wildman–Crippen LogP) is 4.13. The van der Waals surface area contributed by atoms with Crippen LogP contribution in [-0.2, 0) is 20.7 Å². The van der Waals surface area contributed by atoms with E-state index < -0.39 is 23.6 Å². The number of hydrogen-bond acceptors (Lipinski definition) is 4. The topological polar surface area (TPSA) is 75.6 Å². The first-order valence-electron chi connectivity index (χ1n) is 12.0. The first-order chi connectivity index (χ1) is 15.7. The van der Waals surface area contributed by atoms with Crippen LogP contribution in [0.3, 0.4) is 0 Å². The molecule has 0 saturated carbocycles. The van der Waals surface area contributed by atoms with Gasteiger partial charge in [0.1, 0.15) is 0 Å². The lowest BCUT2D eigenvalue weighted by atomic mass is 9.63. The van der Waals surface area contributed by atoms with Gasteiger partial charge in [-0.2, -0.15) is 0 Å². The molecule has 5 nitrogen and oxygen atoms in total. The highest BCUT2D eigenvalue weighted by atomic mass is 16.6. The lowest BCUT2D eigenvalue weighted by Crippen LogP contribution is -2.59. The Hall–Kier alpha value is -2.66. The number of allylic oxidation sites excluding steroid dienone is 2. The number of ether oxygens (including phenoxy) is 1. The van der Waals surface area contributed by atoms with Gasteiger partial charge in [-0.05, 0) is 56.1 Å². The van der Waals surface area contributed by atoms with E-state index in [1.165, 1.54) is 6.08 Å². The smallest absolute Gasteiger partial charge is 0.331 e. The van der Waals surface area contributed by atoms with Crippen LogP contribution in [0.2, 0.25) is 0 Å². The molecule has 7 atom stereocenters. The summed E-state index contributed by atoms with van der Waals surface area (Å²) >= 11 is 0. The molecular formula is C28H35NO4. The van der Waals surface area contributed by atoms with Gasteiger partial charge in [-0.25, -0.2) is 4.79 Å². The third kappa shape index (κ3) is 4.31. The van der Waals surface area contributed by atoms with E-state index in [1.54, 1.807) is 0 Å². The fourth-order valence-corrected chi connectivity index (χ4v) is 5.94. The summed E-state index contributed by atoms with van der Waals surface area (Å²) in [6.45, 7) is 8.13. The Kier molecular flexibility index (Phi) is 6.62. The SMILES string of the molecule is CC1=C(C)[C@H]2[C@H](Cc3ccccc3)NC(=O)[C@]23OC(=O)/C=C/[C@H](C)C[C@@H](C)C/C=C/[C@H]3[C@@H]1O. The Bertz CT molecular complexity index is 994. The van der Waals surface area contributed by atoms with E-state index in [1.807, 2.05) is 56.3 Å². The van der Waals surface area contributed by atoms with E-state index in [-0.39, 0.29) is 23.8 Å². The predicted molar refractivity (Wildman–Crippen MR) is 128 cm³/mol. The van der Waals surface area contributed by atoms with E-state index in [0.717, 1.165) is 29.6 Å². The van der Waals surface area contributed by atoms with Gasteiger partial charge in [-0.1, -0.05) is 68.0 Å². The summed E-state index contributed by atoms with van der Waals surface area (Å²) in [6.07, 6.45) is 8.81. The van der Waals surface area contributed by atoms with Gasteiger partial charge in [-0.3, -0.25) is 4.79 Å². The van der Waals surface area contributed by atoms with Crippen LogP contribution in [0.25, 0.3) is 0 Å². The van der Waals surface area contributed by atoms with Gasteiger partial charge < -0.3 is 15.2 Å². The third-order valence-corrected chi connectivity index (χ3v) is 7.69. The normalized spacial score (nSPS) is 38.8. The van der Waals surface area contributed by atoms with Crippen molar-refractivity contribution < 1.29 is 19.4 Å². The number of nitrogens with one attached hydrogen (secondary N) is 1. The summed E-state index contributed by atoms with van der Waals surface area (Å²) < 4.78 is 6.10. The number of benzene rings is 1. The average molecular weight is 450 g/mol. The summed E-state index contributed by atoms with van der Waals surface area (Å²) in [6, 6.07) is 9.77. The van der Waals surface area contributed by atoms with Crippen molar-refractivity contribution in [3.63, 3.8) is 0 Å². The fraction of sp³-hybridized carbons (Fsp3) is 0.500. The minimum absolute atomic E-state index is 0.230. The van der Waals surface area contributed by atoms with Crippen molar-refractivity contribution in [1.82, 2.24) is 5.32 Å². The fourth-order valence-electron chi connectivity index (χ4n) is 5.94. The first kappa shape index (κ1) is 23.5. The number of esters is 1. The molecule has 2 aliphatic heterocycles. The van der Waals surface area contributed by atoms with Gasteiger partial charge in [0.2, 0.25) is 5.60 Å². The van der Waals surface area contributed by atoms with Gasteiger partial charge in [0.25, 0.3) is 5.91 Å². The van der Waals surface area contributed by atoms with Gasteiger partial charge in [0.15, 0.2) is 0 Å². The molecule has 1 aliphatic carbocycles. The van der Waals surface area contributed by atoms with Crippen molar-refractivity contribution in [1.29, 1.82) is 0 Å². The summed E-state index contributed by atoms with van der Waals surface area (Å²) in [4.78, 5) is 26.7. The molecule has 1 spiro atoms. The molecule has 176 valence electrons. The van der Waals surface area contributed by atoms with Crippen LogP contribution in [0.4, 0.5) is 0 Å². The second-order valence-corrected chi connectivity index (χ2v) is 10.1. The molecule has 1 fully saturated rings. The molecule has 1 aromatic carbocycles. The highest BCUT2D eigenvalue weighted by molar-refractivity contribution is 5.94. The average Bonchev–Trinajstić information content (AvgIpc) is 3.04. The second kappa shape index (κ2) is 9.30. The van der Waals surface area contributed by atoms with Crippen LogP contribution in [0.5, 0.6) is 0 Å². The van der Waals surface area contributed by atoms with Crippen molar-refractivity contribution in [3.05, 3.63) is 71.3 Å². The van der Waals surface area contributed by atoms with Crippen molar-refractivity contribution >= 4 is 11.9 Å². The lowest BCUT2D eigenvalue weighted by Gasteiger charge is -2.46. The minimum atomic E-state index is -1.48. The Morgan fingerprint density at radius 1 is 1.09 bits per heavy atom. The van der Waals surface area contributed by atoms with Crippen LogP contribution in [0.1, 0.15) is 46.1 Å². The molecule has 5 heteroatoms. The molecule has 2 N–H and O–H groups in total. The summed E-state index contributed by atoms with van der Waals surface area (Å²) in [5, 5.41) is 14.4. The Morgan fingerprint density at radius 3 is 2.55 bits per heavy atom. The molecule has 0 radical (unpaired) electrons. The Labute approximate surface area is 196 Å². The van der Waals surface area contributed by atoms with Crippen molar-refractivity contribution in [2.24, 2.45) is 23.7 Å². The molecule has 0 unspecified atom stereocenters. The van der Waals surface area contributed by atoms with Crippen LogP contribution in [0, 0.1) is 23.7 Å². The van der Waals surface area contributed by atoms with E-state index in [9.17, 15) is 14.7 Å². The number of hydrogen-bond donors (Lipinski definition) is 2. The van der Waals surface area contributed by atoms with E-state index in [0.29, 0.717) is 12.3 Å². The highest BCUT2D eigenvalue weighted by Crippen LogP contribution is 2.50. The number of rotatable bonds is 2. The molecule has 4 rings (SSSR count). The quantitative estimate of drug-likeness (QED) is 0.526. The van der Waals surface area contributed by atoms with E-state index in [4.69, 9.17) is 4.74 Å². The maximum absolute atomic E-state index is 13.7. The van der Waals surface area contributed by atoms with E-state index in [2.05, 4.69) is 25.2 Å². The Morgan fingerprint density at radius 2 is 1.82 bits per heavy atom. The molecular weight excluding hydrogens is 414 g/mol. The zero-order chi connectivity index (χ0) is 23.8. The van der Waals surface area contributed by atoms with Crippen LogP contribution >= 0.6 is 0 Å². The van der Waals surface area contributed by atoms with Gasteiger partial charge in [0, 0.05) is 12.1 Å². The number of aliphatic hydroxyl groups excluding tert-OH is 1. The molecule has 0 bridgehead atoms. The maximum Gasteiger partial charge on any atom is 0.331 e. The molecule has 3 aliphatic rings. The Balaban J connectivity index is 1.82. The maximum atomic E-state index is 13.7. The standard InChI is InChI=1S/C28H35NO4/c1-17-9-8-12-22-26(31)20(4)19(3)25-23(16-21-10-6-5-7-11-21)29-27(32)28(22,25)33-24(30)14-13-18(2)15-17/h5-8,10-14,17-18,22-23,25-26,31H,9,15-16H2,1-4H3,(H,29,32)/b12-8+,14-13+/t17-,18-,22-,23-,25-,26+,28+/m0/s1. The van der Waals surface area contributed by atoms with Crippen LogP contribution in [0.15, 0.2) is 65.8 Å². The highest BCUT2D eigenvalue weighted by Gasteiger charge is 2.66. The summed E-state index contributed by atoms with van der Waals surface area (Å²) in [5.41, 5.74) is 1.38. The van der Waals surface area contributed by atoms with Crippen molar-refractivity contribution in [3.8, 4) is 0 Å². The third-order valence-electron chi connectivity index (χ3n) is 7.69. The zero-order valence-corrected chi connectivity index (χ0v) is 20.0. The molecule has 0 aromatic heterocycles. The van der Waals surface area contributed by atoms with Gasteiger partial charge >= 0.3 is 5.97 Å². The molecule has 2 heterocycles. The zero-order valence-electron chi connectivity index (χ0n) is 20.0. The molecule has 1 saturated heterocycles. The number of carbonyl (C=O) groups is 2. The monoisotopic (exact) mass is 449 g/mol. The van der Waals surface area contributed by atoms with Crippen LogP contribution < -0.4 is 5.32 Å². The largest absolute Gasteiger partial charge is 0.444 e. The van der Waals surface area contributed by atoms with Crippen LogP contribution in [-0.4, -0.2) is 34.7 Å². The summed E-state index contributed by atoms with van der Waals surface area (Å²) in [5.74, 6) is -1.21. The molecule has 33 heavy (non-hydrogen) atoms. The van der Waals surface area contributed by atoms with Crippen molar-refractivity contribution in [2.45, 2.75) is 64.7 Å². The minimum Gasteiger partial charge on any atom is -0.444 e. The number of aliphatic hydroxyl groups is 1. The van der Waals surface area contributed by atoms with Gasteiger partial charge in [-0.15, -0.1) is 0 Å². The number of amides is 1. The molecule has 1 aromatic rings. The summed E-state index contributed by atoms with van der Waals surface area (Å²) in [7, 11) is 0.